The van der Waals surface area contributed by atoms with Gasteiger partial charge in [-0.25, -0.2) is 0 Å². The third kappa shape index (κ3) is 4.33. The number of hydrogen-bond acceptors (Lipinski definition) is 6. The van der Waals surface area contributed by atoms with E-state index in [9.17, 15) is 9.59 Å². The Morgan fingerprint density at radius 2 is 1.61 bits per heavy atom. The molecule has 0 spiro atoms. The molecule has 148 valence electrons. The van der Waals surface area contributed by atoms with Crippen molar-refractivity contribution in [2.45, 2.75) is 6.92 Å². The molecule has 1 aromatic carbocycles. The molecular formula is C20H24N4O4. The van der Waals surface area contributed by atoms with Crippen LogP contribution in [-0.4, -0.2) is 67.0 Å². The van der Waals surface area contributed by atoms with Crippen molar-refractivity contribution in [1.82, 2.24) is 14.8 Å². The van der Waals surface area contributed by atoms with E-state index in [2.05, 4.69) is 10.3 Å². The number of amides is 2. The van der Waals surface area contributed by atoms with Gasteiger partial charge in [-0.2, -0.15) is 0 Å². The molecule has 1 N–H and O–H groups in total. The van der Waals surface area contributed by atoms with Crippen molar-refractivity contribution in [2.24, 2.45) is 0 Å². The molecule has 0 atom stereocenters. The number of methoxy groups -OCH3 is 2. The summed E-state index contributed by atoms with van der Waals surface area (Å²) in [4.78, 5) is 31.9. The van der Waals surface area contributed by atoms with Gasteiger partial charge >= 0.3 is 0 Å². The summed E-state index contributed by atoms with van der Waals surface area (Å²) in [6, 6.07) is 7.24. The van der Waals surface area contributed by atoms with Crippen LogP contribution >= 0.6 is 0 Å². The van der Waals surface area contributed by atoms with Crippen LogP contribution in [0.1, 0.15) is 17.3 Å². The SMILES string of the molecule is COc1ccc(Nc2cncc(C(=O)N3CCN(C(C)=O)CC3)c2)cc1OC. The molecule has 1 aliphatic rings. The van der Waals surface area contributed by atoms with Crippen molar-refractivity contribution in [1.29, 1.82) is 0 Å². The summed E-state index contributed by atoms with van der Waals surface area (Å²) in [6.07, 6.45) is 3.21. The summed E-state index contributed by atoms with van der Waals surface area (Å²) >= 11 is 0. The van der Waals surface area contributed by atoms with E-state index >= 15 is 0 Å². The largest absolute Gasteiger partial charge is 0.493 e. The van der Waals surface area contributed by atoms with Gasteiger partial charge < -0.3 is 24.6 Å². The lowest BCUT2D eigenvalue weighted by molar-refractivity contribution is -0.130. The van der Waals surface area contributed by atoms with E-state index in [1.54, 1.807) is 55.5 Å². The second kappa shape index (κ2) is 8.60. The van der Waals surface area contributed by atoms with Crippen LogP contribution in [0.2, 0.25) is 0 Å². The molecule has 0 aliphatic carbocycles. The summed E-state index contributed by atoms with van der Waals surface area (Å²) in [7, 11) is 3.16. The first-order chi connectivity index (χ1) is 13.5. The lowest BCUT2D eigenvalue weighted by atomic mass is 10.2. The molecule has 2 aromatic rings. The number of carbonyl (C=O) groups excluding carboxylic acids is 2. The smallest absolute Gasteiger partial charge is 0.255 e. The average Bonchev–Trinajstić information content (AvgIpc) is 2.73. The lowest BCUT2D eigenvalue weighted by Gasteiger charge is -2.34. The Bertz CT molecular complexity index is 863. The van der Waals surface area contributed by atoms with Gasteiger partial charge in [0.1, 0.15) is 0 Å². The minimum atomic E-state index is -0.0911. The van der Waals surface area contributed by atoms with Crippen LogP contribution in [0.3, 0.4) is 0 Å². The van der Waals surface area contributed by atoms with Gasteiger partial charge in [-0.3, -0.25) is 14.6 Å². The second-order valence-electron chi connectivity index (χ2n) is 6.46. The van der Waals surface area contributed by atoms with Crippen LogP contribution in [0.5, 0.6) is 11.5 Å². The van der Waals surface area contributed by atoms with E-state index in [0.717, 1.165) is 5.69 Å². The molecule has 1 aliphatic heterocycles. The molecule has 0 radical (unpaired) electrons. The quantitative estimate of drug-likeness (QED) is 0.850. The standard InChI is InChI=1S/C20H24N4O4/c1-14(25)23-6-8-24(9-7-23)20(26)15-10-17(13-21-12-15)22-16-4-5-18(27-2)19(11-16)28-3/h4-5,10-13,22H,6-9H2,1-3H3. The lowest BCUT2D eigenvalue weighted by Crippen LogP contribution is -2.50. The molecule has 28 heavy (non-hydrogen) atoms. The van der Waals surface area contributed by atoms with Crippen LogP contribution in [-0.2, 0) is 4.79 Å². The zero-order chi connectivity index (χ0) is 20.1. The monoisotopic (exact) mass is 384 g/mol. The summed E-state index contributed by atoms with van der Waals surface area (Å²) in [5.41, 5.74) is 1.99. The Morgan fingerprint density at radius 1 is 0.929 bits per heavy atom. The maximum atomic E-state index is 12.8. The molecule has 0 saturated carbocycles. The zero-order valence-corrected chi connectivity index (χ0v) is 16.3. The van der Waals surface area contributed by atoms with E-state index < -0.39 is 0 Å². The van der Waals surface area contributed by atoms with Crippen molar-refractivity contribution in [3.8, 4) is 11.5 Å². The first-order valence-electron chi connectivity index (χ1n) is 9.00. The summed E-state index contributed by atoms with van der Waals surface area (Å²) in [5.74, 6) is 1.19. The Kier molecular flexibility index (Phi) is 5.98. The van der Waals surface area contributed by atoms with Crippen LogP contribution in [0, 0.1) is 0 Å². The van der Waals surface area contributed by atoms with Gasteiger partial charge in [-0.15, -0.1) is 0 Å². The van der Waals surface area contributed by atoms with E-state index in [0.29, 0.717) is 48.9 Å². The maximum absolute atomic E-state index is 12.8. The molecule has 1 saturated heterocycles. The summed E-state index contributed by atoms with van der Waals surface area (Å²) in [6.45, 7) is 3.69. The molecular weight excluding hydrogens is 360 g/mol. The Hall–Kier alpha value is -3.29. The Morgan fingerprint density at radius 3 is 2.25 bits per heavy atom. The third-order valence-corrected chi connectivity index (χ3v) is 4.67. The number of rotatable bonds is 5. The second-order valence-corrected chi connectivity index (χ2v) is 6.46. The van der Waals surface area contributed by atoms with Gasteiger partial charge in [0.2, 0.25) is 5.91 Å². The fraction of sp³-hybridized carbons (Fsp3) is 0.350. The van der Waals surface area contributed by atoms with Crippen molar-refractivity contribution in [3.63, 3.8) is 0 Å². The fourth-order valence-electron chi connectivity index (χ4n) is 3.11. The number of nitrogens with zero attached hydrogens (tertiary/aromatic N) is 3. The highest BCUT2D eigenvalue weighted by Gasteiger charge is 2.23. The number of carbonyl (C=O) groups is 2. The number of benzene rings is 1. The van der Waals surface area contributed by atoms with Crippen LogP contribution < -0.4 is 14.8 Å². The van der Waals surface area contributed by atoms with Gasteiger partial charge in [0.15, 0.2) is 11.5 Å². The molecule has 1 aromatic heterocycles. The maximum Gasteiger partial charge on any atom is 0.255 e. The minimum Gasteiger partial charge on any atom is -0.493 e. The van der Waals surface area contributed by atoms with Crippen molar-refractivity contribution >= 4 is 23.2 Å². The zero-order valence-electron chi connectivity index (χ0n) is 16.3. The molecule has 2 heterocycles. The normalized spacial score (nSPS) is 13.8. The van der Waals surface area contributed by atoms with Crippen LogP contribution in [0.15, 0.2) is 36.7 Å². The van der Waals surface area contributed by atoms with E-state index in [1.165, 1.54) is 0 Å². The highest BCUT2D eigenvalue weighted by atomic mass is 16.5. The first kappa shape index (κ1) is 19.5. The number of hydrogen-bond donors (Lipinski definition) is 1. The van der Waals surface area contributed by atoms with Crippen LogP contribution in [0.25, 0.3) is 0 Å². The van der Waals surface area contributed by atoms with Gasteiger partial charge in [0, 0.05) is 51.1 Å². The highest BCUT2D eigenvalue weighted by Crippen LogP contribution is 2.31. The number of piperazine rings is 1. The Labute approximate surface area is 164 Å². The van der Waals surface area contributed by atoms with Gasteiger partial charge in [-0.1, -0.05) is 0 Å². The predicted octanol–water partition coefficient (Wildman–Crippen LogP) is 2.15. The van der Waals surface area contributed by atoms with Crippen molar-refractivity contribution in [2.75, 3.05) is 45.7 Å². The molecule has 2 amide bonds. The molecule has 3 rings (SSSR count). The van der Waals surface area contributed by atoms with E-state index in [-0.39, 0.29) is 11.8 Å². The van der Waals surface area contributed by atoms with E-state index in [1.807, 2.05) is 12.1 Å². The first-order valence-corrected chi connectivity index (χ1v) is 9.00. The third-order valence-electron chi connectivity index (χ3n) is 4.67. The van der Waals surface area contributed by atoms with Gasteiger partial charge in [0.25, 0.3) is 5.91 Å². The van der Waals surface area contributed by atoms with Gasteiger partial charge in [0.05, 0.1) is 31.7 Å². The molecule has 8 heteroatoms. The van der Waals surface area contributed by atoms with Gasteiger partial charge in [-0.05, 0) is 18.2 Å². The molecule has 8 nitrogen and oxygen atoms in total. The average molecular weight is 384 g/mol. The van der Waals surface area contributed by atoms with E-state index in [4.69, 9.17) is 9.47 Å². The number of aromatic nitrogens is 1. The van der Waals surface area contributed by atoms with Crippen LogP contribution in [0.4, 0.5) is 11.4 Å². The predicted molar refractivity (Wildman–Crippen MR) is 105 cm³/mol. The molecule has 0 bridgehead atoms. The number of anilines is 2. The topological polar surface area (TPSA) is 84.0 Å². The number of ether oxygens (including phenoxy) is 2. The van der Waals surface area contributed by atoms with Crippen molar-refractivity contribution in [3.05, 3.63) is 42.2 Å². The molecule has 0 unspecified atom stereocenters. The number of nitrogens with one attached hydrogen (secondary N) is 1. The summed E-state index contributed by atoms with van der Waals surface area (Å²) in [5, 5.41) is 3.23. The highest BCUT2D eigenvalue weighted by molar-refractivity contribution is 5.95. The van der Waals surface area contributed by atoms with Crippen molar-refractivity contribution < 1.29 is 19.1 Å². The fourth-order valence-corrected chi connectivity index (χ4v) is 3.11. The number of pyridine rings is 1. The summed E-state index contributed by atoms with van der Waals surface area (Å²) < 4.78 is 10.6. The molecule has 1 fully saturated rings. The Balaban J connectivity index is 1.70. The minimum absolute atomic E-state index is 0.0369.